The molecule has 0 radical (unpaired) electrons. The van der Waals surface area contributed by atoms with Crippen molar-refractivity contribution in [3.05, 3.63) is 39.7 Å². The zero-order chi connectivity index (χ0) is 16.9. The van der Waals surface area contributed by atoms with Gasteiger partial charge in [-0.3, -0.25) is 4.79 Å². The topological polar surface area (TPSA) is 42.0 Å². The molecule has 1 aliphatic rings. The Balaban J connectivity index is 1.64. The van der Waals surface area contributed by atoms with Crippen LogP contribution in [0, 0.1) is 19.8 Å². The molecule has 24 heavy (non-hydrogen) atoms. The molecule has 1 aliphatic carbocycles. The van der Waals surface area contributed by atoms with E-state index in [4.69, 9.17) is 0 Å². The van der Waals surface area contributed by atoms with E-state index in [1.165, 1.54) is 37.7 Å². The minimum atomic E-state index is 0.123. The maximum atomic E-state index is 12.4. The fraction of sp³-hybridized carbons (Fsp3) is 0.500. The molecule has 0 unspecified atom stereocenters. The fourth-order valence-corrected chi connectivity index (χ4v) is 4.34. The smallest absolute Gasteiger partial charge is 0.225 e. The summed E-state index contributed by atoms with van der Waals surface area (Å²) in [5.74, 6) is 0.792. The molecule has 1 saturated carbocycles. The molecule has 3 nitrogen and oxygen atoms in total. The third-order valence-corrected chi connectivity index (χ3v) is 5.73. The average molecular weight is 343 g/mol. The highest BCUT2D eigenvalue weighted by Crippen LogP contribution is 2.29. The van der Waals surface area contributed by atoms with Crippen LogP contribution < -0.4 is 5.32 Å². The number of carbonyl (C=O) groups is 1. The van der Waals surface area contributed by atoms with E-state index in [2.05, 4.69) is 41.5 Å². The Morgan fingerprint density at radius 1 is 1.17 bits per heavy atom. The number of amides is 1. The van der Waals surface area contributed by atoms with Crippen LogP contribution in [0.2, 0.25) is 0 Å². The van der Waals surface area contributed by atoms with Gasteiger partial charge in [-0.2, -0.15) is 0 Å². The zero-order valence-electron chi connectivity index (χ0n) is 14.6. The third kappa shape index (κ3) is 4.44. The van der Waals surface area contributed by atoms with Gasteiger partial charge in [0.25, 0.3) is 0 Å². The minimum absolute atomic E-state index is 0.123. The van der Waals surface area contributed by atoms with E-state index in [-0.39, 0.29) is 5.91 Å². The van der Waals surface area contributed by atoms with Crippen molar-refractivity contribution in [1.29, 1.82) is 0 Å². The number of nitrogens with zero attached hydrogens (tertiary/aromatic N) is 1. The molecule has 0 saturated heterocycles. The van der Waals surface area contributed by atoms with E-state index < -0.39 is 0 Å². The molecule has 1 amide bonds. The maximum absolute atomic E-state index is 12.4. The quantitative estimate of drug-likeness (QED) is 0.858. The number of rotatable bonds is 5. The number of thiazole rings is 1. The number of hydrogen-bond acceptors (Lipinski definition) is 3. The Bertz CT molecular complexity index is 684. The summed E-state index contributed by atoms with van der Waals surface area (Å²) in [5, 5.41) is 4.15. The van der Waals surface area contributed by atoms with Gasteiger partial charge in [0.1, 0.15) is 0 Å². The first-order chi connectivity index (χ1) is 11.6. The first-order valence-corrected chi connectivity index (χ1v) is 9.73. The van der Waals surface area contributed by atoms with Crippen LogP contribution in [0.25, 0.3) is 11.3 Å². The van der Waals surface area contributed by atoms with Crippen molar-refractivity contribution in [1.82, 2.24) is 10.3 Å². The molecular formula is C20H26N2OS. The van der Waals surface area contributed by atoms with Gasteiger partial charge in [-0.15, -0.1) is 11.3 Å². The lowest BCUT2D eigenvalue weighted by Gasteiger charge is -2.21. The van der Waals surface area contributed by atoms with E-state index >= 15 is 0 Å². The monoisotopic (exact) mass is 342 g/mol. The fourth-order valence-electron chi connectivity index (χ4n) is 3.38. The van der Waals surface area contributed by atoms with Crippen molar-refractivity contribution >= 4 is 17.2 Å². The normalized spacial score (nSPS) is 15.4. The SMILES string of the molecule is Cc1ccc(-c2nc(C)sc2CC(=O)NCC2CCCCC2)cc1. The Kier molecular flexibility index (Phi) is 5.67. The van der Waals surface area contributed by atoms with Crippen LogP contribution in [0.4, 0.5) is 0 Å². The molecule has 1 heterocycles. The van der Waals surface area contributed by atoms with Crippen molar-refractivity contribution < 1.29 is 4.79 Å². The number of carbonyl (C=O) groups excluding carboxylic acids is 1. The van der Waals surface area contributed by atoms with Gasteiger partial charge in [0.2, 0.25) is 5.91 Å². The summed E-state index contributed by atoms with van der Waals surface area (Å²) in [5.41, 5.74) is 3.29. The second-order valence-corrected chi connectivity index (χ2v) is 8.14. The number of hydrogen-bond donors (Lipinski definition) is 1. The van der Waals surface area contributed by atoms with E-state index in [0.29, 0.717) is 12.3 Å². The number of benzene rings is 1. The van der Waals surface area contributed by atoms with Crippen LogP contribution in [0.15, 0.2) is 24.3 Å². The van der Waals surface area contributed by atoms with Gasteiger partial charge in [0.15, 0.2) is 0 Å². The van der Waals surface area contributed by atoms with Gasteiger partial charge in [-0.05, 0) is 32.6 Å². The summed E-state index contributed by atoms with van der Waals surface area (Å²) in [6.07, 6.45) is 6.92. The first-order valence-electron chi connectivity index (χ1n) is 8.92. The van der Waals surface area contributed by atoms with Gasteiger partial charge in [-0.25, -0.2) is 4.98 Å². The number of nitrogens with one attached hydrogen (secondary N) is 1. The van der Waals surface area contributed by atoms with Crippen LogP contribution in [-0.2, 0) is 11.2 Å². The van der Waals surface area contributed by atoms with Gasteiger partial charge in [0.05, 0.1) is 17.1 Å². The summed E-state index contributed by atoms with van der Waals surface area (Å²) < 4.78 is 0. The lowest BCUT2D eigenvalue weighted by molar-refractivity contribution is -0.120. The molecule has 0 bridgehead atoms. The molecular weight excluding hydrogens is 316 g/mol. The number of aromatic nitrogens is 1. The van der Waals surface area contributed by atoms with Gasteiger partial charge >= 0.3 is 0 Å². The Morgan fingerprint density at radius 2 is 1.88 bits per heavy atom. The van der Waals surface area contributed by atoms with Crippen LogP contribution >= 0.6 is 11.3 Å². The summed E-state index contributed by atoms with van der Waals surface area (Å²) in [7, 11) is 0. The highest BCUT2D eigenvalue weighted by atomic mass is 32.1. The van der Waals surface area contributed by atoms with Crippen molar-refractivity contribution in [2.24, 2.45) is 5.92 Å². The van der Waals surface area contributed by atoms with Crippen molar-refractivity contribution in [2.45, 2.75) is 52.4 Å². The summed E-state index contributed by atoms with van der Waals surface area (Å²) in [6.45, 7) is 4.91. The largest absolute Gasteiger partial charge is 0.356 e. The van der Waals surface area contributed by atoms with Crippen molar-refractivity contribution in [3.8, 4) is 11.3 Å². The second kappa shape index (κ2) is 7.93. The number of aryl methyl sites for hydroxylation is 2. The molecule has 0 spiro atoms. The lowest BCUT2D eigenvalue weighted by atomic mass is 9.89. The van der Waals surface area contributed by atoms with E-state index in [9.17, 15) is 4.79 Å². The lowest BCUT2D eigenvalue weighted by Crippen LogP contribution is -2.31. The molecule has 3 rings (SSSR count). The van der Waals surface area contributed by atoms with Crippen LogP contribution in [0.1, 0.15) is 47.6 Å². The van der Waals surface area contributed by atoms with E-state index in [0.717, 1.165) is 27.7 Å². The van der Waals surface area contributed by atoms with Crippen molar-refractivity contribution in [2.75, 3.05) is 6.54 Å². The Morgan fingerprint density at radius 3 is 2.58 bits per heavy atom. The predicted octanol–water partition coefficient (Wildman–Crippen LogP) is 4.67. The Hall–Kier alpha value is -1.68. The molecule has 1 aromatic heterocycles. The second-order valence-electron chi connectivity index (χ2n) is 6.86. The molecule has 1 aromatic carbocycles. The highest BCUT2D eigenvalue weighted by molar-refractivity contribution is 7.12. The van der Waals surface area contributed by atoms with Crippen molar-refractivity contribution in [3.63, 3.8) is 0 Å². The van der Waals surface area contributed by atoms with E-state index in [1.807, 2.05) is 6.92 Å². The molecule has 0 aliphatic heterocycles. The van der Waals surface area contributed by atoms with Gasteiger partial charge < -0.3 is 5.32 Å². The molecule has 2 aromatic rings. The standard InChI is InChI=1S/C20H26N2OS/c1-14-8-10-17(11-9-14)20-18(24-15(2)22-20)12-19(23)21-13-16-6-4-3-5-7-16/h8-11,16H,3-7,12-13H2,1-2H3,(H,21,23). The van der Waals surface area contributed by atoms with Gasteiger partial charge in [-0.1, -0.05) is 49.1 Å². The molecule has 128 valence electrons. The average Bonchev–Trinajstić information content (AvgIpc) is 2.95. The summed E-state index contributed by atoms with van der Waals surface area (Å²) >= 11 is 1.63. The molecule has 0 atom stereocenters. The predicted molar refractivity (Wildman–Crippen MR) is 100 cm³/mol. The maximum Gasteiger partial charge on any atom is 0.225 e. The van der Waals surface area contributed by atoms with Gasteiger partial charge in [0, 0.05) is 17.0 Å². The molecule has 1 fully saturated rings. The third-order valence-electron chi connectivity index (χ3n) is 4.76. The minimum Gasteiger partial charge on any atom is -0.356 e. The van der Waals surface area contributed by atoms with Crippen LogP contribution in [-0.4, -0.2) is 17.4 Å². The van der Waals surface area contributed by atoms with Crippen LogP contribution in [0.5, 0.6) is 0 Å². The summed E-state index contributed by atoms with van der Waals surface area (Å²) in [6, 6.07) is 8.37. The molecule has 4 heteroatoms. The first kappa shape index (κ1) is 17.2. The van der Waals surface area contributed by atoms with E-state index in [1.54, 1.807) is 11.3 Å². The highest BCUT2D eigenvalue weighted by Gasteiger charge is 2.17. The summed E-state index contributed by atoms with van der Waals surface area (Å²) in [4.78, 5) is 18.1. The van der Waals surface area contributed by atoms with Crippen LogP contribution in [0.3, 0.4) is 0 Å². The zero-order valence-corrected chi connectivity index (χ0v) is 15.4. The molecule has 1 N–H and O–H groups in total. The Labute approximate surface area is 148 Å².